The minimum absolute atomic E-state index is 0.0793. The number of halogens is 1. The van der Waals surface area contributed by atoms with Crippen LogP contribution < -0.4 is 10.6 Å². The lowest BCUT2D eigenvalue weighted by atomic mass is 10.2. The van der Waals surface area contributed by atoms with E-state index in [0.717, 1.165) is 5.69 Å². The van der Waals surface area contributed by atoms with Crippen molar-refractivity contribution in [1.82, 2.24) is 9.80 Å². The summed E-state index contributed by atoms with van der Waals surface area (Å²) in [4.78, 5) is 28.5. The summed E-state index contributed by atoms with van der Waals surface area (Å²) in [5.41, 5.74) is 6.22. The van der Waals surface area contributed by atoms with Crippen LogP contribution in [0.3, 0.4) is 0 Å². The summed E-state index contributed by atoms with van der Waals surface area (Å²) in [5.74, 6) is -0.688. The largest absolute Gasteiger partial charge is 0.368 e. The summed E-state index contributed by atoms with van der Waals surface area (Å²) in [7, 11) is 0. The van der Waals surface area contributed by atoms with Gasteiger partial charge in [0.05, 0.1) is 0 Å². The topological polar surface area (TPSA) is 93.7 Å². The summed E-state index contributed by atoms with van der Waals surface area (Å²) >= 11 is 0. The Labute approximate surface area is 152 Å². The Morgan fingerprint density at radius 2 is 1.92 bits per heavy atom. The average Bonchev–Trinajstić information content (AvgIpc) is 2.68. The van der Waals surface area contributed by atoms with Gasteiger partial charge in [-0.15, -0.1) is 0 Å². The molecule has 26 heavy (non-hydrogen) atoms. The highest BCUT2D eigenvalue weighted by atomic mass is 19.1. The molecular formula is C18H22FN5O2. The molecule has 1 fully saturated rings. The summed E-state index contributed by atoms with van der Waals surface area (Å²) in [6, 6.07) is 8.08. The van der Waals surface area contributed by atoms with Crippen LogP contribution in [0, 0.1) is 17.1 Å². The molecule has 7 nitrogen and oxygen atoms in total. The van der Waals surface area contributed by atoms with Crippen molar-refractivity contribution in [1.29, 1.82) is 5.26 Å². The third kappa shape index (κ3) is 5.04. The lowest BCUT2D eigenvalue weighted by Crippen LogP contribution is -2.49. The van der Waals surface area contributed by atoms with Crippen molar-refractivity contribution in [3.63, 3.8) is 0 Å². The van der Waals surface area contributed by atoms with Crippen molar-refractivity contribution in [2.75, 3.05) is 44.2 Å². The molecule has 1 aromatic carbocycles. The van der Waals surface area contributed by atoms with E-state index in [0.29, 0.717) is 52.1 Å². The van der Waals surface area contributed by atoms with Gasteiger partial charge in [0.1, 0.15) is 17.5 Å². The molecule has 138 valence electrons. The number of hydrogen-bond donors (Lipinski definition) is 1. The number of carbonyl (C=O) groups is 2. The molecule has 1 saturated heterocycles. The van der Waals surface area contributed by atoms with Crippen LogP contribution in [0.15, 0.2) is 36.0 Å². The molecule has 8 heteroatoms. The first kappa shape index (κ1) is 19.4. The highest BCUT2D eigenvalue weighted by Crippen LogP contribution is 2.17. The van der Waals surface area contributed by atoms with E-state index in [-0.39, 0.29) is 11.4 Å². The summed E-state index contributed by atoms with van der Waals surface area (Å²) < 4.78 is 13.0. The Morgan fingerprint density at radius 3 is 2.46 bits per heavy atom. The molecule has 0 atom stereocenters. The number of nitrogens with two attached hydrogens (primary N) is 1. The zero-order chi connectivity index (χ0) is 18.9. The van der Waals surface area contributed by atoms with Crippen molar-refractivity contribution < 1.29 is 14.0 Å². The van der Waals surface area contributed by atoms with E-state index < -0.39 is 5.91 Å². The van der Waals surface area contributed by atoms with E-state index in [2.05, 4.69) is 4.90 Å². The predicted octanol–water partition coefficient (Wildman–Crippen LogP) is 0.689. The van der Waals surface area contributed by atoms with Gasteiger partial charge in [0.25, 0.3) is 5.91 Å². The van der Waals surface area contributed by atoms with E-state index >= 15 is 0 Å². The SMILES string of the molecule is N#C/C(=C/N(C=O)CCCN)C(=O)N1CCN(c2ccc(F)cc2)CC1. The first-order valence-corrected chi connectivity index (χ1v) is 8.42. The van der Waals surface area contributed by atoms with Gasteiger partial charge in [-0.2, -0.15) is 5.26 Å². The van der Waals surface area contributed by atoms with Gasteiger partial charge in [-0.1, -0.05) is 0 Å². The molecular weight excluding hydrogens is 337 g/mol. The van der Waals surface area contributed by atoms with E-state index in [9.17, 15) is 19.2 Å². The number of benzene rings is 1. The quantitative estimate of drug-likeness (QED) is 0.439. The number of carbonyl (C=O) groups excluding carboxylic acids is 2. The molecule has 0 aliphatic carbocycles. The van der Waals surface area contributed by atoms with Crippen molar-refractivity contribution in [2.24, 2.45) is 5.73 Å². The smallest absolute Gasteiger partial charge is 0.266 e. The van der Waals surface area contributed by atoms with Crippen molar-refractivity contribution in [3.05, 3.63) is 41.9 Å². The number of amides is 2. The van der Waals surface area contributed by atoms with Crippen LogP contribution >= 0.6 is 0 Å². The summed E-state index contributed by atoms with van der Waals surface area (Å²) in [6.45, 7) is 2.83. The number of nitriles is 1. The van der Waals surface area contributed by atoms with E-state index in [1.807, 2.05) is 6.07 Å². The van der Waals surface area contributed by atoms with Crippen LogP contribution in [0.2, 0.25) is 0 Å². The second-order valence-corrected chi connectivity index (χ2v) is 5.90. The maximum absolute atomic E-state index is 13.0. The number of hydrogen-bond acceptors (Lipinski definition) is 5. The van der Waals surface area contributed by atoms with Gasteiger partial charge in [-0.05, 0) is 37.2 Å². The molecule has 1 aromatic rings. The fourth-order valence-electron chi connectivity index (χ4n) is 2.71. The van der Waals surface area contributed by atoms with Gasteiger partial charge in [0.15, 0.2) is 0 Å². The number of anilines is 1. The normalized spacial score (nSPS) is 14.7. The number of nitrogens with zero attached hydrogens (tertiary/aromatic N) is 4. The van der Waals surface area contributed by atoms with Crippen molar-refractivity contribution in [3.8, 4) is 6.07 Å². The predicted molar refractivity (Wildman–Crippen MR) is 95.3 cm³/mol. The molecule has 0 aromatic heterocycles. The minimum atomic E-state index is -0.397. The molecule has 2 amide bonds. The van der Waals surface area contributed by atoms with Gasteiger partial charge in [0, 0.05) is 44.6 Å². The minimum Gasteiger partial charge on any atom is -0.368 e. The molecule has 1 aliphatic rings. The number of piperazine rings is 1. The molecule has 1 aliphatic heterocycles. The lowest BCUT2D eigenvalue weighted by molar-refractivity contribution is -0.127. The Balaban J connectivity index is 1.98. The monoisotopic (exact) mass is 359 g/mol. The van der Waals surface area contributed by atoms with Crippen LogP contribution in [0.5, 0.6) is 0 Å². The van der Waals surface area contributed by atoms with E-state index in [4.69, 9.17) is 5.73 Å². The maximum atomic E-state index is 13.0. The molecule has 0 saturated carbocycles. The second kappa shape index (κ2) is 9.53. The first-order valence-electron chi connectivity index (χ1n) is 8.42. The zero-order valence-corrected chi connectivity index (χ0v) is 14.5. The molecule has 0 spiro atoms. The standard InChI is InChI=1S/C18H22FN5O2/c19-16-2-4-17(5-3-16)23-8-10-24(11-9-23)18(26)15(12-21)13-22(14-25)7-1-6-20/h2-5,13-14H,1,6-11,20H2/b15-13-. The zero-order valence-electron chi connectivity index (χ0n) is 14.5. The Morgan fingerprint density at radius 1 is 1.27 bits per heavy atom. The molecule has 0 unspecified atom stereocenters. The Kier molecular flexibility index (Phi) is 7.12. The van der Waals surface area contributed by atoms with Crippen LogP contribution in [0.1, 0.15) is 6.42 Å². The average molecular weight is 359 g/mol. The molecule has 2 rings (SSSR count). The summed E-state index contributed by atoms with van der Waals surface area (Å²) in [5, 5.41) is 9.27. The third-order valence-corrected chi connectivity index (χ3v) is 4.16. The van der Waals surface area contributed by atoms with Gasteiger partial charge in [-0.3, -0.25) is 9.59 Å². The molecule has 0 bridgehead atoms. The van der Waals surface area contributed by atoms with Crippen LogP contribution in [-0.2, 0) is 9.59 Å². The Bertz CT molecular complexity index is 691. The van der Waals surface area contributed by atoms with Crippen molar-refractivity contribution in [2.45, 2.75) is 6.42 Å². The second-order valence-electron chi connectivity index (χ2n) is 5.90. The molecule has 1 heterocycles. The Hall–Kier alpha value is -2.92. The van der Waals surface area contributed by atoms with Gasteiger partial charge in [0.2, 0.25) is 6.41 Å². The van der Waals surface area contributed by atoms with Crippen molar-refractivity contribution >= 4 is 18.0 Å². The van der Waals surface area contributed by atoms with E-state index in [1.165, 1.54) is 23.2 Å². The highest BCUT2D eigenvalue weighted by Gasteiger charge is 2.24. The fourth-order valence-corrected chi connectivity index (χ4v) is 2.71. The van der Waals surface area contributed by atoms with Crippen LogP contribution in [-0.4, -0.2) is 61.4 Å². The van der Waals surface area contributed by atoms with Gasteiger partial charge >= 0.3 is 0 Å². The van der Waals surface area contributed by atoms with Crippen LogP contribution in [0.25, 0.3) is 0 Å². The third-order valence-electron chi connectivity index (χ3n) is 4.16. The van der Waals surface area contributed by atoms with Crippen LogP contribution in [0.4, 0.5) is 10.1 Å². The van der Waals surface area contributed by atoms with E-state index in [1.54, 1.807) is 17.0 Å². The number of rotatable bonds is 7. The molecule has 0 radical (unpaired) electrons. The summed E-state index contributed by atoms with van der Waals surface area (Å²) in [6.07, 6.45) is 2.43. The molecule has 2 N–H and O–H groups in total. The highest BCUT2D eigenvalue weighted by molar-refractivity contribution is 5.97. The lowest BCUT2D eigenvalue weighted by Gasteiger charge is -2.36. The fraction of sp³-hybridized carbons (Fsp3) is 0.389. The first-order chi connectivity index (χ1) is 12.6. The van der Waals surface area contributed by atoms with Gasteiger partial charge < -0.3 is 20.4 Å². The maximum Gasteiger partial charge on any atom is 0.266 e. The van der Waals surface area contributed by atoms with Gasteiger partial charge in [-0.25, -0.2) is 4.39 Å².